The maximum absolute atomic E-state index is 10.1. The Balaban J connectivity index is -0.000000366. The van der Waals surface area contributed by atoms with Crippen molar-refractivity contribution >= 4 is 10.4 Å². The van der Waals surface area contributed by atoms with Crippen LogP contribution in [0.15, 0.2) is 0 Å². The van der Waals surface area contributed by atoms with E-state index in [0.717, 1.165) is 12.8 Å². The number of hydrogen-bond acceptors (Lipinski definition) is 3. The van der Waals surface area contributed by atoms with Crippen LogP contribution in [-0.4, -0.2) is 24.1 Å². The van der Waals surface area contributed by atoms with Crippen molar-refractivity contribution in [2.75, 3.05) is 6.61 Å². The quantitative estimate of drug-likeness (QED) is 0.326. The number of rotatable bonds is 10. The maximum atomic E-state index is 10.1. The molecule has 19 heavy (non-hydrogen) atoms. The second-order valence-electron chi connectivity index (χ2n) is 4.33. The van der Waals surface area contributed by atoms with Crippen LogP contribution in [0.3, 0.4) is 0 Å². The summed E-state index contributed by atoms with van der Waals surface area (Å²) in [6.07, 6.45) is 13.0. The first kappa shape index (κ1) is 24.8. The normalized spacial score (nSPS) is 10.3. The van der Waals surface area contributed by atoms with Crippen molar-refractivity contribution < 1.29 is 52.2 Å². The van der Waals surface area contributed by atoms with Gasteiger partial charge in [-0.05, 0) is 0 Å². The summed E-state index contributed by atoms with van der Waals surface area (Å²) in [4.78, 5) is 0. The van der Waals surface area contributed by atoms with Gasteiger partial charge in [0.25, 0.3) is 0 Å². The van der Waals surface area contributed by atoms with Gasteiger partial charge >= 0.3 is 40.0 Å². The Hall–Kier alpha value is 0.830. The zero-order valence-electron chi connectivity index (χ0n) is 12.3. The second kappa shape index (κ2) is 18.8. The van der Waals surface area contributed by atoms with Crippen molar-refractivity contribution in [1.82, 2.24) is 0 Å². The molecular weight excluding hydrogens is 279 g/mol. The molecule has 0 aromatic heterocycles. The van der Waals surface area contributed by atoms with Gasteiger partial charge in [0.1, 0.15) is 0 Å². The van der Waals surface area contributed by atoms with E-state index >= 15 is 0 Å². The molecule has 0 radical (unpaired) electrons. The largest absolute Gasteiger partial charge is 1.00 e. The summed E-state index contributed by atoms with van der Waals surface area (Å²) in [5, 5.41) is 10.1. The molecule has 0 aliphatic carbocycles. The van der Waals surface area contributed by atoms with Crippen LogP contribution in [0.5, 0.6) is 0 Å². The van der Waals surface area contributed by atoms with Gasteiger partial charge in [-0.15, -0.1) is 6.61 Å². The average molecular weight is 306 g/mol. The smallest absolute Gasteiger partial charge is 0.854 e. The molecule has 0 heterocycles. The van der Waals surface area contributed by atoms with Gasteiger partial charge in [-0.1, -0.05) is 71.1 Å². The molecular formula is C12H27NaO5S. The van der Waals surface area contributed by atoms with Crippen molar-refractivity contribution in [2.24, 2.45) is 0 Å². The molecule has 0 rings (SSSR count). The molecule has 0 atom stereocenters. The third-order valence-electron chi connectivity index (χ3n) is 2.50. The molecule has 0 spiro atoms. The average Bonchev–Trinajstić information content (AvgIpc) is 2.25. The Morgan fingerprint density at radius 2 is 1.05 bits per heavy atom. The van der Waals surface area contributed by atoms with Crippen LogP contribution in [0.4, 0.5) is 0 Å². The summed E-state index contributed by atoms with van der Waals surface area (Å²) >= 11 is 0. The summed E-state index contributed by atoms with van der Waals surface area (Å²) in [6.45, 7) is 2.37. The van der Waals surface area contributed by atoms with Gasteiger partial charge < -0.3 is 5.11 Å². The van der Waals surface area contributed by atoms with Gasteiger partial charge in [-0.3, -0.25) is 9.11 Å². The molecule has 0 aromatic rings. The number of hydrogen-bond donors (Lipinski definition) is 2. The van der Waals surface area contributed by atoms with Crippen LogP contribution in [0, 0.1) is 0 Å². The fourth-order valence-corrected chi connectivity index (χ4v) is 1.59. The van der Waals surface area contributed by atoms with E-state index in [4.69, 9.17) is 17.5 Å². The monoisotopic (exact) mass is 306 g/mol. The first-order valence-electron chi connectivity index (χ1n) is 6.69. The van der Waals surface area contributed by atoms with E-state index in [-0.39, 0.29) is 36.2 Å². The molecule has 0 aliphatic heterocycles. The van der Waals surface area contributed by atoms with Crippen LogP contribution in [-0.2, 0) is 10.4 Å². The maximum Gasteiger partial charge on any atom is 1.00 e. The van der Waals surface area contributed by atoms with Gasteiger partial charge in [0.05, 0.1) is 0 Å². The van der Waals surface area contributed by atoms with Crippen LogP contribution in [0.1, 0.15) is 71.1 Å². The molecule has 0 bridgehead atoms. The molecule has 0 aliphatic rings. The number of unbranched alkanes of at least 4 members (excludes halogenated alkanes) is 9. The Morgan fingerprint density at radius 3 is 1.32 bits per heavy atom. The van der Waals surface area contributed by atoms with Crippen molar-refractivity contribution in [3.8, 4) is 0 Å². The summed E-state index contributed by atoms with van der Waals surface area (Å²) in [7, 11) is -4.67. The predicted molar refractivity (Wildman–Crippen MR) is 70.9 cm³/mol. The molecule has 112 valence electrons. The predicted octanol–water partition coefficient (Wildman–Crippen LogP) is -0.381. The van der Waals surface area contributed by atoms with E-state index in [2.05, 4.69) is 6.92 Å². The Labute approximate surface area is 140 Å². The third-order valence-corrected chi connectivity index (χ3v) is 2.50. The molecule has 0 saturated carbocycles. The molecule has 0 amide bonds. The minimum Gasteiger partial charge on any atom is -0.854 e. The molecule has 0 aromatic carbocycles. The topological polar surface area (TPSA) is 97.7 Å². The first-order valence-corrected chi connectivity index (χ1v) is 8.09. The van der Waals surface area contributed by atoms with Gasteiger partial charge in [-0.2, -0.15) is 8.42 Å². The Bertz CT molecular complexity index is 227. The van der Waals surface area contributed by atoms with Crippen molar-refractivity contribution in [3.63, 3.8) is 0 Å². The fraction of sp³-hybridized carbons (Fsp3) is 1.00. The standard InChI is InChI=1S/C12H25O.Na.H2O4S/c1-2-3-4-5-6-7-8-9-10-11-12-13;;1-5(2,3)4/h2-12H2,1H3;;(H2,1,2,3,4)/q-1;+1;. The van der Waals surface area contributed by atoms with Crippen molar-refractivity contribution in [3.05, 3.63) is 0 Å². The Kier molecular flexibility index (Phi) is 24.6. The van der Waals surface area contributed by atoms with Crippen LogP contribution in [0.2, 0.25) is 0 Å². The van der Waals surface area contributed by atoms with Crippen LogP contribution in [0.25, 0.3) is 0 Å². The summed E-state index contributed by atoms with van der Waals surface area (Å²) < 4.78 is 31.6. The van der Waals surface area contributed by atoms with E-state index < -0.39 is 10.4 Å². The zero-order valence-corrected chi connectivity index (χ0v) is 15.1. The van der Waals surface area contributed by atoms with E-state index in [1.54, 1.807) is 0 Å². The summed E-state index contributed by atoms with van der Waals surface area (Å²) in [5.74, 6) is 0. The minimum atomic E-state index is -4.67. The minimum absolute atomic E-state index is 0. The van der Waals surface area contributed by atoms with Crippen molar-refractivity contribution in [2.45, 2.75) is 71.1 Å². The van der Waals surface area contributed by atoms with Crippen LogP contribution < -0.4 is 34.7 Å². The van der Waals surface area contributed by atoms with Crippen LogP contribution >= 0.6 is 0 Å². The molecule has 0 fully saturated rings. The van der Waals surface area contributed by atoms with E-state index in [0.29, 0.717) is 0 Å². The van der Waals surface area contributed by atoms with E-state index in [9.17, 15) is 5.11 Å². The summed E-state index contributed by atoms with van der Waals surface area (Å²) in [6, 6.07) is 0. The van der Waals surface area contributed by atoms with Gasteiger partial charge in [0, 0.05) is 0 Å². The molecule has 2 N–H and O–H groups in total. The molecule has 7 heteroatoms. The first-order chi connectivity index (χ1) is 8.41. The molecule has 0 unspecified atom stereocenters. The zero-order chi connectivity index (χ0) is 14.3. The molecule has 5 nitrogen and oxygen atoms in total. The fourth-order valence-electron chi connectivity index (χ4n) is 1.59. The third kappa shape index (κ3) is 45.5. The van der Waals surface area contributed by atoms with E-state index in [1.165, 1.54) is 51.4 Å². The summed E-state index contributed by atoms with van der Waals surface area (Å²) in [5.41, 5.74) is 0. The second-order valence-corrected chi connectivity index (χ2v) is 5.23. The van der Waals surface area contributed by atoms with Gasteiger partial charge in [-0.25, -0.2) is 0 Å². The van der Waals surface area contributed by atoms with E-state index in [1.807, 2.05) is 0 Å². The van der Waals surface area contributed by atoms with Crippen molar-refractivity contribution in [1.29, 1.82) is 0 Å². The Morgan fingerprint density at radius 1 is 0.789 bits per heavy atom. The van der Waals surface area contributed by atoms with Gasteiger partial charge in [0.2, 0.25) is 0 Å². The SMILES string of the molecule is CCCCCCCCCCCC[O-].O=S(=O)(O)O.[Na+]. The van der Waals surface area contributed by atoms with Gasteiger partial charge in [0.15, 0.2) is 0 Å². The molecule has 0 saturated heterocycles.